The van der Waals surface area contributed by atoms with Gasteiger partial charge in [0.25, 0.3) is 0 Å². The number of ether oxygens (including phenoxy) is 2. The van der Waals surface area contributed by atoms with Crippen LogP contribution in [0.15, 0.2) is 66.4 Å². The molecule has 2 rings (SSSR count). The first-order chi connectivity index (χ1) is 11.1. The van der Waals surface area contributed by atoms with Gasteiger partial charge < -0.3 is 14.8 Å². The summed E-state index contributed by atoms with van der Waals surface area (Å²) < 4.78 is 9.21. The number of methoxy groups -OCH3 is 2. The van der Waals surface area contributed by atoms with Gasteiger partial charge in [-0.1, -0.05) is 42.5 Å². The number of hydrogen-bond donors (Lipinski definition) is 1. The van der Waals surface area contributed by atoms with Gasteiger partial charge in [-0.3, -0.25) is 0 Å². The van der Waals surface area contributed by atoms with Crippen molar-refractivity contribution in [2.45, 2.75) is 0 Å². The van der Waals surface area contributed by atoms with Crippen LogP contribution in [0.4, 0.5) is 5.69 Å². The Kier molecular flexibility index (Phi) is 5.52. The molecule has 0 fully saturated rings. The minimum atomic E-state index is -0.652. The summed E-state index contributed by atoms with van der Waals surface area (Å²) in [5.74, 6) is -1.29. The molecule has 118 valence electrons. The Morgan fingerprint density at radius 3 is 2.26 bits per heavy atom. The fraction of sp³-hybridized carbons (Fsp3) is 0.111. The molecule has 2 aromatic carbocycles. The third-order valence-corrected chi connectivity index (χ3v) is 3.12. The number of carbonyl (C=O) groups excluding carboxylic acids is 2. The lowest BCUT2D eigenvalue weighted by Crippen LogP contribution is -2.15. The highest BCUT2D eigenvalue weighted by molar-refractivity contribution is 5.98. The fourth-order valence-electron chi connectivity index (χ4n) is 2.00. The van der Waals surface area contributed by atoms with Crippen LogP contribution in [0.2, 0.25) is 0 Å². The summed E-state index contributed by atoms with van der Waals surface area (Å²) in [6.45, 7) is 0. The molecule has 5 nitrogen and oxygen atoms in total. The van der Waals surface area contributed by atoms with Gasteiger partial charge in [0.05, 0.1) is 20.3 Å². The van der Waals surface area contributed by atoms with Gasteiger partial charge in [-0.15, -0.1) is 0 Å². The number of hydrogen-bond acceptors (Lipinski definition) is 5. The summed E-state index contributed by atoms with van der Waals surface area (Å²) in [4.78, 5) is 23.1. The largest absolute Gasteiger partial charge is 0.466 e. The number of carbonyl (C=O) groups is 2. The van der Waals surface area contributed by atoms with Gasteiger partial charge in [-0.25, -0.2) is 9.59 Å². The van der Waals surface area contributed by atoms with Crippen molar-refractivity contribution in [3.8, 4) is 11.1 Å². The van der Waals surface area contributed by atoms with Gasteiger partial charge in [0.2, 0.25) is 0 Å². The van der Waals surface area contributed by atoms with E-state index < -0.39 is 11.9 Å². The van der Waals surface area contributed by atoms with Crippen molar-refractivity contribution < 1.29 is 19.1 Å². The zero-order valence-electron chi connectivity index (χ0n) is 12.9. The van der Waals surface area contributed by atoms with E-state index in [0.717, 1.165) is 17.2 Å². The Morgan fingerprint density at radius 2 is 1.61 bits per heavy atom. The maximum atomic E-state index is 11.8. The molecule has 0 aliphatic carbocycles. The highest BCUT2D eigenvalue weighted by atomic mass is 16.5. The van der Waals surface area contributed by atoms with Gasteiger partial charge in [0.15, 0.2) is 0 Å². The topological polar surface area (TPSA) is 64.6 Å². The second kappa shape index (κ2) is 7.79. The highest BCUT2D eigenvalue weighted by Gasteiger charge is 2.13. The number of benzene rings is 2. The van der Waals surface area contributed by atoms with Crippen LogP contribution < -0.4 is 5.32 Å². The Morgan fingerprint density at radius 1 is 0.913 bits per heavy atom. The quantitative estimate of drug-likeness (QED) is 0.679. The molecular formula is C18H17NO4. The van der Waals surface area contributed by atoms with Gasteiger partial charge in [-0.2, -0.15) is 0 Å². The van der Waals surface area contributed by atoms with Gasteiger partial charge >= 0.3 is 11.9 Å². The van der Waals surface area contributed by atoms with Crippen LogP contribution in [0.5, 0.6) is 0 Å². The molecule has 23 heavy (non-hydrogen) atoms. The summed E-state index contributed by atoms with van der Waals surface area (Å²) in [5, 5.41) is 2.89. The van der Waals surface area contributed by atoms with Crippen LogP contribution in [0, 0.1) is 0 Å². The van der Waals surface area contributed by atoms with Crippen molar-refractivity contribution >= 4 is 17.6 Å². The normalized spacial score (nSPS) is 10.8. The number of nitrogens with one attached hydrogen (secondary N) is 1. The Balaban J connectivity index is 2.29. The summed E-state index contributed by atoms with van der Waals surface area (Å²) in [6, 6.07) is 17.3. The predicted molar refractivity (Wildman–Crippen MR) is 87.6 cm³/mol. The van der Waals surface area contributed by atoms with E-state index in [9.17, 15) is 9.59 Å². The first kappa shape index (κ1) is 16.3. The third kappa shape index (κ3) is 4.44. The molecule has 0 aromatic heterocycles. The minimum absolute atomic E-state index is 0.00422. The van der Waals surface area contributed by atoms with Crippen LogP contribution in [0.1, 0.15) is 0 Å². The molecule has 0 unspecified atom stereocenters. The molecule has 0 spiro atoms. The van der Waals surface area contributed by atoms with E-state index in [0.29, 0.717) is 5.69 Å². The highest BCUT2D eigenvalue weighted by Crippen LogP contribution is 2.23. The van der Waals surface area contributed by atoms with E-state index in [4.69, 9.17) is 0 Å². The minimum Gasteiger partial charge on any atom is -0.466 e. The van der Waals surface area contributed by atoms with E-state index in [-0.39, 0.29) is 5.70 Å². The number of anilines is 1. The molecule has 0 atom stereocenters. The molecule has 0 radical (unpaired) electrons. The zero-order chi connectivity index (χ0) is 16.7. The Labute approximate surface area is 134 Å². The molecular weight excluding hydrogens is 294 g/mol. The van der Waals surface area contributed by atoms with Gasteiger partial charge in [-0.05, 0) is 23.3 Å². The number of rotatable bonds is 5. The van der Waals surface area contributed by atoms with Crippen molar-refractivity contribution in [3.63, 3.8) is 0 Å². The lowest BCUT2D eigenvalue weighted by molar-refractivity contribution is -0.138. The molecule has 2 aromatic rings. The SMILES string of the molecule is COC(=O)/C=C(/Nc1cccc(-c2ccccc2)c1)C(=O)OC. The first-order valence-corrected chi connectivity index (χ1v) is 6.94. The summed E-state index contributed by atoms with van der Waals surface area (Å²) in [5.41, 5.74) is 2.70. The number of esters is 2. The fourth-order valence-corrected chi connectivity index (χ4v) is 2.00. The van der Waals surface area contributed by atoms with E-state index in [1.54, 1.807) is 6.07 Å². The van der Waals surface area contributed by atoms with Crippen LogP contribution in [-0.2, 0) is 19.1 Å². The summed E-state index contributed by atoms with van der Waals surface area (Å²) in [7, 11) is 2.49. The van der Waals surface area contributed by atoms with E-state index in [2.05, 4.69) is 14.8 Å². The average Bonchev–Trinajstić information content (AvgIpc) is 2.61. The van der Waals surface area contributed by atoms with Gasteiger partial charge in [0, 0.05) is 5.69 Å². The lowest BCUT2D eigenvalue weighted by atomic mass is 10.1. The van der Waals surface area contributed by atoms with Crippen molar-refractivity contribution in [2.75, 3.05) is 19.5 Å². The second-order valence-corrected chi connectivity index (χ2v) is 4.64. The van der Waals surface area contributed by atoms with Crippen LogP contribution in [0.3, 0.4) is 0 Å². The summed E-state index contributed by atoms with van der Waals surface area (Å²) >= 11 is 0. The molecule has 0 heterocycles. The van der Waals surface area contributed by atoms with Crippen molar-refractivity contribution in [3.05, 3.63) is 66.4 Å². The zero-order valence-corrected chi connectivity index (χ0v) is 12.9. The maximum Gasteiger partial charge on any atom is 0.354 e. The van der Waals surface area contributed by atoms with Crippen molar-refractivity contribution in [1.82, 2.24) is 0 Å². The standard InChI is InChI=1S/C18H17NO4/c1-22-17(20)12-16(18(21)23-2)19-15-10-6-9-14(11-15)13-7-4-3-5-8-13/h3-12,19H,1-2H3/b16-12+. The smallest absolute Gasteiger partial charge is 0.354 e. The molecule has 0 saturated heterocycles. The van der Waals surface area contributed by atoms with Crippen LogP contribution in [0.25, 0.3) is 11.1 Å². The van der Waals surface area contributed by atoms with Crippen molar-refractivity contribution in [1.29, 1.82) is 0 Å². The molecule has 0 saturated carbocycles. The van der Waals surface area contributed by atoms with E-state index in [1.807, 2.05) is 48.5 Å². The molecule has 0 aliphatic rings. The van der Waals surface area contributed by atoms with E-state index in [1.165, 1.54) is 14.2 Å². The van der Waals surface area contributed by atoms with E-state index >= 15 is 0 Å². The molecule has 0 aliphatic heterocycles. The molecule has 1 N–H and O–H groups in total. The molecule has 0 amide bonds. The Hall–Kier alpha value is -3.08. The second-order valence-electron chi connectivity index (χ2n) is 4.64. The molecule has 5 heteroatoms. The average molecular weight is 311 g/mol. The first-order valence-electron chi connectivity index (χ1n) is 6.94. The lowest BCUT2D eigenvalue weighted by Gasteiger charge is -2.10. The summed E-state index contributed by atoms with van der Waals surface area (Å²) in [6.07, 6.45) is 1.06. The predicted octanol–water partition coefficient (Wildman–Crippen LogP) is 3.00. The molecule has 0 bridgehead atoms. The van der Waals surface area contributed by atoms with Crippen LogP contribution >= 0.6 is 0 Å². The third-order valence-electron chi connectivity index (χ3n) is 3.12. The van der Waals surface area contributed by atoms with Crippen molar-refractivity contribution in [2.24, 2.45) is 0 Å². The monoisotopic (exact) mass is 311 g/mol. The van der Waals surface area contributed by atoms with Crippen LogP contribution in [-0.4, -0.2) is 26.2 Å². The maximum absolute atomic E-state index is 11.8. The Bertz CT molecular complexity index is 723. The van der Waals surface area contributed by atoms with Gasteiger partial charge in [0.1, 0.15) is 5.70 Å².